The SMILES string of the molecule is C=CCNc1nc(NCc2ccc(Cl)cc2)nc(Nc2cccc(C(=O)NCCOCCOCCN)c2)n1. The summed E-state index contributed by atoms with van der Waals surface area (Å²) in [5.74, 6) is 0.855. The van der Waals surface area contributed by atoms with Crippen molar-refractivity contribution in [3.05, 3.63) is 77.3 Å². The molecule has 0 aliphatic heterocycles. The summed E-state index contributed by atoms with van der Waals surface area (Å²) in [5.41, 5.74) is 7.52. The molecule has 3 aromatic rings. The van der Waals surface area contributed by atoms with Gasteiger partial charge in [-0.3, -0.25) is 4.79 Å². The first-order valence-electron chi connectivity index (χ1n) is 12.2. The highest BCUT2D eigenvalue weighted by molar-refractivity contribution is 6.30. The highest BCUT2D eigenvalue weighted by atomic mass is 35.5. The Morgan fingerprint density at radius 2 is 1.66 bits per heavy atom. The Kier molecular flexibility index (Phi) is 12.2. The predicted octanol–water partition coefficient (Wildman–Crippen LogP) is 3.20. The van der Waals surface area contributed by atoms with Crippen molar-refractivity contribution in [1.82, 2.24) is 20.3 Å². The van der Waals surface area contributed by atoms with Gasteiger partial charge in [0.15, 0.2) is 0 Å². The third-order valence-corrected chi connectivity index (χ3v) is 5.20. The molecule has 0 unspecified atom stereocenters. The van der Waals surface area contributed by atoms with Gasteiger partial charge in [-0.05, 0) is 35.9 Å². The lowest BCUT2D eigenvalue weighted by molar-refractivity contribution is 0.0511. The van der Waals surface area contributed by atoms with Gasteiger partial charge in [0.2, 0.25) is 17.8 Å². The van der Waals surface area contributed by atoms with Crippen LogP contribution in [0.3, 0.4) is 0 Å². The van der Waals surface area contributed by atoms with E-state index in [0.29, 0.717) is 86.7 Å². The van der Waals surface area contributed by atoms with Crippen LogP contribution in [0.25, 0.3) is 0 Å². The van der Waals surface area contributed by atoms with E-state index in [0.717, 1.165) is 5.56 Å². The number of nitrogens with one attached hydrogen (secondary N) is 4. The Morgan fingerprint density at radius 1 is 0.947 bits per heavy atom. The summed E-state index contributed by atoms with van der Waals surface area (Å²) in [7, 11) is 0. The molecule has 38 heavy (non-hydrogen) atoms. The highest BCUT2D eigenvalue weighted by Crippen LogP contribution is 2.18. The van der Waals surface area contributed by atoms with Crippen LogP contribution < -0.4 is 27.0 Å². The number of carbonyl (C=O) groups excluding carboxylic acids is 1. The fourth-order valence-electron chi connectivity index (χ4n) is 3.15. The standard InChI is InChI=1S/C26H33ClN8O3/c1-2-11-30-24-33-25(31-18-19-6-8-21(27)9-7-19)35-26(34-24)32-22-5-3-4-20(17-22)23(36)29-12-14-38-16-15-37-13-10-28/h2-9,17H,1,10-16,18,28H2,(H,29,36)(H3,30,31,32,33,34,35). The molecule has 0 saturated carbocycles. The Labute approximate surface area is 227 Å². The summed E-state index contributed by atoms with van der Waals surface area (Å²) in [4.78, 5) is 25.9. The quantitative estimate of drug-likeness (QED) is 0.128. The summed E-state index contributed by atoms with van der Waals surface area (Å²) in [5, 5.41) is 12.9. The third-order valence-electron chi connectivity index (χ3n) is 4.95. The number of nitrogens with zero attached hydrogens (tertiary/aromatic N) is 3. The number of anilines is 4. The molecule has 0 fully saturated rings. The van der Waals surface area contributed by atoms with Gasteiger partial charge in [0.05, 0.1) is 26.4 Å². The van der Waals surface area contributed by atoms with Crippen LogP contribution in [0.5, 0.6) is 0 Å². The zero-order chi connectivity index (χ0) is 27.0. The van der Waals surface area contributed by atoms with E-state index in [9.17, 15) is 4.79 Å². The molecule has 1 aromatic heterocycles. The number of hydrogen-bond donors (Lipinski definition) is 5. The summed E-state index contributed by atoms with van der Waals surface area (Å²) < 4.78 is 10.7. The van der Waals surface area contributed by atoms with Crippen LogP contribution in [0.2, 0.25) is 5.02 Å². The first kappa shape index (κ1) is 28.8. The van der Waals surface area contributed by atoms with Crippen LogP contribution in [0.4, 0.5) is 23.5 Å². The summed E-state index contributed by atoms with van der Waals surface area (Å²) in [6.45, 7) is 7.36. The van der Waals surface area contributed by atoms with Crippen LogP contribution in [0.1, 0.15) is 15.9 Å². The molecule has 1 heterocycles. The van der Waals surface area contributed by atoms with Gasteiger partial charge in [-0.25, -0.2) is 0 Å². The number of halogens is 1. The van der Waals surface area contributed by atoms with Crippen molar-refractivity contribution in [2.45, 2.75) is 6.54 Å². The van der Waals surface area contributed by atoms with Crippen molar-refractivity contribution in [3.63, 3.8) is 0 Å². The fourth-order valence-corrected chi connectivity index (χ4v) is 3.27. The fraction of sp³-hybridized carbons (Fsp3) is 0.308. The molecule has 0 radical (unpaired) electrons. The van der Waals surface area contributed by atoms with Crippen molar-refractivity contribution in [3.8, 4) is 0 Å². The predicted molar refractivity (Wildman–Crippen MR) is 150 cm³/mol. The third kappa shape index (κ3) is 10.3. The van der Waals surface area contributed by atoms with Gasteiger partial charge < -0.3 is 36.5 Å². The molecule has 6 N–H and O–H groups in total. The maximum absolute atomic E-state index is 12.6. The van der Waals surface area contributed by atoms with Gasteiger partial charge in [-0.15, -0.1) is 6.58 Å². The van der Waals surface area contributed by atoms with E-state index in [2.05, 4.69) is 42.8 Å². The van der Waals surface area contributed by atoms with Gasteiger partial charge in [-0.2, -0.15) is 15.0 Å². The molecule has 2 aromatic carbocycles. The highest BCUT2D eigenvalue weighted by Gasteiger charge is 2.10. The largest absolute Gasteiger partial charge is 0.378 e. The van der Waals surface area contributed by atoms with Gasteiger partial charge in [0.1, 0.15) is 0 Å². The van der Waals surface area contributed by atoms with Crippen LogP contribution in [-0.2, 0) is 16.0 Å². The van der Waals surface area contributed by atoms with E-state index in [4.69, 9.17) is 26.8 Å². The van der Waals surface area contributed by atoms with Gasteiger partial charge in [-0.1, -0.05) is 35.9 Å². The molecule has 3 rings (SSSR count). The molecule has 0 bridgehead atoms. The molecular formula is C26H33ClN8O3. The minimum absolute atomic E-state index is 0.217. The van der Waals surface area contributed by atoms with Crippen molar-refractivity contribution in [1.29, 1.82) is 0 Å². The van der Waals surface area contributed by atoms with E-state index in [1.807, 2.05) is 30.3 Å². The Bertz CT molecular complexity index is 1160. The molecule has 0 atom stereocenters. The molecular weight excluding hydrogens is 508 g/mol. The average Bonchev–Trinajstić information content (AvgIpc) is 2.93. The number of rotatable bonds is 17. The number of carbonyl (C=O) groups is 1. The van der Waals surface area contributed by atoms with Gasteiger partial charge in [0.25, 0.3) is 5.91 Å². The number of aromatic nitrogens is 3. The lowest BCUT2D eigenvalue weighted by atomic mass is 10.2. The van der Waals surface area contributed by atoms with Crippen LogP contribution in [0.15, 0.2) is 61.2 Å². The molecule has 1 amide bonds. The topological polar surface area (TPSA) is 148 Å². The minimum atomic E-state index is -0.217. The molecule has 0 aliphatic carbocycles. The van der Waals surface area contributed by atoms with Gasteiger partial charge in [0, 0.05) is 42.5 Å². The van der Waals surface area contributed by atoms with E-state index in [-0.39, 0.29) is 5.91 Å². The average molecular weight is 541 g/mol. The normalized spacial score (nSPS) is 10.6. The lowest BCUT2D eigenvalue weighted by Crippen LogP contribution is -2.27. The van der Waals surface area contributed by atoms with Crippen LogP contribution in [0, 0.1) is 0 Å². The first-order chi connectivity index (χ1) is 18.6. The molecule has 0 spiro atoms. The van der Waals surface area contributed by atoms with E-state index in [1.54, 1.807) is 24.3 Å². The lowest BCUT2D eigenvalue weighted by Gasteiger charge is -2.12. The number of hydrogen-bond acceptors (Lipinski definition) is 10. The van der Waals surface area contributed by atoms with Gasteiger partial charge >= 0.3 is 0 Å². The van der Waals surface area contributed by atoms with E-state index >= 15 is 0 Å². The smallest absolute Gasteiger partial charge is 0.251 e. The van der Waals surface area contributed by atoms with E-state index < -0.39 is 0 Å². The van der Waals surface area contributed by atoms with Crippen molar-refractivity contribution in [2.75, 3.05) is 62.0 Å². The van der Waals surface area contributed by atoms with Crippen molar-refractivity contribution >= 4 is 41.0 Å². The summed E-state index contributed by atoms with van der Waals surface area (Å²) >= 11 is 5.97. The van der Waals surface area contributed by atoms with Crippen molar-refractivity contribution in [2.24, 2.45) is 5.73 Å². The Balaban J connectivity index is 1.59. The first-order valence-corrected chi connectivity index (χ1v) is 12.5. The van der Waals surface area contributed by atoms with Crippen molar-refractivity contribution < 1.29 is 14.3 Å². The second-order valence-electron chi connectivity index (χ2n) is 7.93. The second-order valence-corrected chi connectivity index (χ2v) is 8.37. The molecule has 0 aliphatic rings. The monoisotopic (exact) mass is 540 g/mol. The Hall–Kier alpha value is -3.77. The minimum Gasteiger partial charge on any atom is -0.378 e. The number of nitrogens with two attached hydrogens (primary N) is 1. The van der Waals surface area contributed by atoms with Crippen LogP contribution in [-0.4, -0.2) is 66.9 Å². The number of amides is 1. The number of ether oxygens (including phenoxy) is 2. The summed E-state index contributed by atoms with van der Waals surface area (Å²) in [6, 6.07) is 14.5. The van der Waals surface area contributed by atoms with E-state index in [1.165, 1.54) is 0 Å². The zero-order valence-electron chi connectivity index (χ0n) is 21.1. The maximum atomic E-state index is 12.6. The Morgan fingerprint density at radius 3 is 2.39 bits per heavy atom. The van der Waals surface area contributed by atoms with Crippen LogP contribution >= 0.6 is 11.6 Å². The molecule has 0 saturated heterocycles. The molecule has 11 nitrogen and oxygen atoms in total. The number of benzene rings is 2. The maximum Gasteiger partial charge on any atom is 0.251 e. The zero-order valence-corrected chi connectivity index (χ0v) is 21.8. The second kappa shape index (κ2) is 16.2. The molecule has 202 valence electrons. The summed E-state index contributed by atoms with van der Waals surface area (Å²) in [6.07, 6.45) is 1.71. The molecule has 12 heteroatoms.